The van der Waals surface area contributed by atoms with Gasteiger partial charge in [-0.05, 0) is 32.4 Å². The molecule has 23 heavy (non-hydrogen) atoms. The first-order valence-corrected chi connectivity index (χ1v) is 7.13. The number of aromatic nitrogens is 2. The molecule has 0 aliphatic carbocycles. The van der Waals surface area contributed by atoms with Gasteiger partial charge in [0.15, 0.2) is 0 Å². The van der Waals surface area contributed by atoms with E-state index >= 15 is 0 Å². The summed E-state index contributed by atoms with van der Waals surface area (Å²) in [7, 11) is 0. The summed E-state index contributed by atoms with van der Waals surface area (Å²) in [5, 5.41) is 29.1. The predicted octanol–water partition coefficient (Wildman–Crippen LogP) is 1.27. The van der Waals surface area contributed by atoms with Crippen molar-refractivity contribution < 1.29 is 14.8 Å². The molecule has 0 saturated carbocycles. The van der Waals surface area contributed by atoms with Gasteiger partial charge >= 0.3 is 0 Å². The quantitative estimate of drug-likeness (QED) is 0.467. The number of non-ortho nitro benzene ring substituents is 1. The number of rotatable bonds is 7. The van der Waals surface area contributed by atoms with Gasteiger partial charge in [-0.1, -0.05) is 0 Å². The monoisotopic (exact) mass is 317 g/mol. The molecule has 0 bridgehead atoms. The topological polar surface area (TPSA) is 113 Å². The summed E-state index contributed by atoms with van der Waals surface area (Å²) in [6.45, 7) is 5.10. The van der Waals surface area contributed by atoms with Crippen LogP contribution in [0.25, 0.3) is 0 Å². The van der Waals surface area contributed by atoms with E-state index in [4.69, 9.17) is 0 Å². The number of carboxylic acid groups (broad SMARTS) is 1. The first-order chi connectivity index (χ1) is 10.9. The zero-order valence-corrected chi connectivity index (χ0v) is 12.9. The molecular weight excluding hydrogens is 300 g/mol. The normalized spacial score (nSPS) is 10.5. The fourth-order valence-electron chi connectivity index (χ4n) is 2.32. The summed E-state index contributed by atoms with van der Waals surface area (Å²) in [4.78, 5) is 21.2. The van der Waals surface area contributed by atoms with Crippen molar-refractivity contribution in [3.8, 4) is 0 Å². The van der Waals surface area contributed by atoms with E-state index in [9.17, 15) is 20.0 Å². The lowest BCUT2D eigenvalue weighted by atomic mass is 10.1. The van der Waals surface area contributed by atoms with Crippen LogP contribution in [0.2, 0.25) is 0 Å². The molecule has 0 unspecified atom stereocenters. The van der Waals surface area contributed by atoms with Crippen LogP contribution in [-0.4, -0.2) is 27.2 Å². The molecule has 1 N–H and O–H groups in total. The number of benzene rings is 1. The lowest BCUT2D eigenvalue weighted by Gasteiger charge is -2.13. The molecule has 0 aliphatic rings. The van der Waals surface area contributed by atoms with E-state index in [1.807, 2.05) is 24.6 Å². The van der Waals surface area contributed by atoms with E-state index < -0.39 is 10.9 Å². The molecular formula is C15H17N4O4-. The lowest BCUT2D eigenvalue weighted by Crippen LogP contribution is -2.24. The van der Waals surface area contributed by atoms with Crippen LogP contribution < -0.4 is 10.4 Å². The number of carbonyl (C=O) groups is 1. The van der Waals surface area contributed by atoms with Gasteiger partial charge in [0.1, 0.15) is 0 Å². The number of aromatic carboxylic acids is 1. The van der Waals surface area contributed by atoms with E-state index in [1.165, 1.54) is 12.1 Å². The zero-order chi connectivity index (χ0) is 17.0. The van der Waals surface area contributed by atoms with Crippen molar-refractivity contribution in [2.45, 2.75) is 26.8 Å². The highest BCUT2D eigenvalue weighted by molar-refractivity contribution is 5.93. The number of nitrogens with zero attached hydrogens (tertiary/aromatic N) is 3. The third-order valence-corrected chi connectivity index (χ3v) is 3.40. The highest BCUT2D eigenvalue weighted by Gasteiger charge is 2.11. The van der Waals surface area contributed by atoms with Crippen molar-refractivity contribution >= 4 is 17.3 Å². The van der Waals surface area contributed by atoms with Gasteiger partial charge < -0.3 is 15.2 Å². The fraction of sp³-hybridized carbons (Fsp3) is 0.333. The number of anilines is 1. The Kier molecular flexibility index (Phi) is 4.95. The Hall–Kier alpha value is -2.90. The minimum atomic E-state index is -1.45. The van der Waals surface area contributed by atoms with Gasteiger partial charge in [-0.2, -0.15) is 5.10 Å². The molecule has 8 nitrogen and oxygen atoms in total. The Bertz CT molecular complexity index is 739. The molecule has 0 atom stereocenters. The Morgan fingerprint density at radius 3 is 2.65 bits per heavy atom. The maximum atomic E-state index is 11.1. The Labute approximate surface area is 132 Å². The number of hydrogen-bond acceptors (Lipinski definition) is 6. The second-order valence-corrected chi connectivity index (χ2v) is 5.21. The summed E-state index contributed by atoms with van der Waals surface area (Å²) in [5.41, 5.74) is 1.82. The van der Waals surface area contributed by atoms with Crippen molar-refractivity contribution in [2.24, 2.45) is 0 Å². The first-order valence-electron chi connectivity index (χ1n) is 7.13. The lowest BCUT2D eigenvalue weighted by molar-refractivity contribution is -0.385. The van der Waals surface area contributed by atoms with Gasteiger partial charge in [-0.15, -0.1) is 0 Å². The third-order valence-electron chi connectivity index (χ3n) is 3.40. The van der Waals surface area contributed by atoms with Crippen LogP contribution in [-0.2, 0) is 6.54 Å². The van der Waals surface area contributed by atoms with E-state index in [-0.39, 0.29) is 11.3 Å². The van der Waals surface area contributed by atoms with E-state index in [2.05, 4.69) is 10.4 Å². The van der Waals surface area contributed by atoms with Crippen LogP contribution in [0, 0.1) is 24.0 Å². The summed E-state index contributed by atoms with van der Waals surface area (Å²) in [5.74, 6) is -1.45. The van der Waals surface area contributed by atoms with Crippen LogP contribution in [0.15, 0.2) is 24.3 Å². The number of nitro groups is 1. The second-order valence-electron chi connectivity index (χ2n) is 5.21. The van der Waals surface area contributed by atoms with Crippen LogP contribution in [0.4, 0.5) is 11.4 Å². The van der Waals surface area contributed by atoms with Crippen molar-refractivity contribution in [1.29, 1.82) is 0 Å². The smallest absolute Gasteiger partial charge is 0.270 e. The van der Waals surface area contributed by atoms with Gasteiger partial charge in [0.2, 0.25) is 0 Å². The Balaban J connectivity index is 1.98. The standard InChI is InChI=1S/C15H18N4O4/c1-10-8-11(2)18(17-10)7-3-6-16-14-5-4-12(19(22)23)9-13(14)15(20)21/h4-5,8-9,16H,3,6-7H2,1-2H3,(H,20,21)/p-1. The number of carboxylic acids is 1. The molecule has 0 amide bonds. The summed E-state index contributed by atoms with van der Waals surface area (Å²) < 4.78 is 1.88. The largest absolute Gasteiger partial charge is 0.545 e. The predicted molar refractivity (Wildman–Crippen MR) is 82.2 cm³/mol. The molecule has 0 aliphatic heterocycles. The third kappa shape index (κ3) is 4.06. The average Bonchev–Trinajstić information content (AvgIpc) is 2.81. The molecule has 0 spiro atoms. The van der Waals surface area contributed by atoms with Gasteiger partial charge in [-0.25, -0.2) is 0 Å². The highest BCUT2D eigenvalue weighted by Crippen LogP contribution is 2.21. The SMILES string of the molecule is Cc1cc(C)n(CCCNc2ccc([N+](=O)[O-])cc2C(=O)[O-])n1. The number of hydrogen-bond donors (Lipinski definition) is 1. The molecule has 0 radical (unpaired) electrons. The Morgan fingerprint density at radius 1 is 1.35 bits per heavy atom. The van der Waals surface area contributed by atoms with Crippen LogP contribution in [0.1, 0.15) is 28.2 Å². The molecule has 1 heterocycles. The van der Waals surface area contributed by atoms with Gasteiger partial charge in [0.25, 0.3) is 5.69 Å². The number of aryl methyl sites for hydroxylation is 3. The van der Waals surface area contributed by atoms with Crippen LogP contribution >= 0.6 is 0 Å². The number of carbonyl (C=O) groups excluding carboxylic acids is 1. The molecule has 1 aromatic heterocycles. The average molecular weight is 317 g/mol. The van der Waals surface area contributed by atoms with Crippen LogP contribution in [0.5, 0.6) is 0 Å². The molecule has 122 valence electrons. The maximum Gasteiger partial charge on any atom is 0.270 e. The summed E-state index contributed by atoms with van der Waals surface area (Å²) in [6, 6.07) is 5.62. The molecule has 0 saturated heterocycles. The van der Waals surface area contributed by atoms with Gasteiger partial charge in [-0.3, -0.25) is 14.8 Å². The Morgan fingerprint density at radius 2 is 2.09 bits per heavy atom. The zero-order valence-electron chi connectivity index (χ0n) is 12.9. The van der Waals surface area contributed by atoms with Gasteiger partial charge in [0.05, 0.1) is 16.6 Å². The molecule has 2 rings (SSSR count). The number of nitrogens with one attached hydrogen (secondary N) is 1. The molecule has 2 aromatic rings. The van der Waals surface area contributed by atoms with Crippen molar-refractivity contribution in [1.82, 2.24) is 9.78 Å². The van der Waals surface area contributed by atoms with E-state index in [0.717, 1.165) is 23.9 Å². The summed E-state index contributed by atoms with van der Waals surface area (Å²) >= 11 is 0. The van der Waals surface area contributed by atoms with E-state index in [0.29, 0.717) is 18.8 Å². The van der Waals surface area contributed by atoms with Crippen molar-refractivity contribution in [3.05, 3.63) is 51.3 Å². The first kappa shape index (κ1) is 16.5. The fourth-order valence-corrected chi connectivity index (χ4v) is 2.32. The van der Waals surface area contributed by atoms with Crippen molar-refractivity contribution in [3.63, 3.8) is 0 Å². The molecule has 0 fully saturated rings. The maximum absolute atomic E-state index is 11.1. The highest BCUT2D eigenvalue weighted by atomic mass is 16.6. The molecule has 1 aromatic carbocycles. The number of nitro benzene ring substituents is 1. The molecule has 8 heteroatoms. The summed E-state index contributed by atoms with van der Waals surface area (Å²) in [6.07, 6.45) is 0.728. The second kappa shape index (κ2) is 6.91. The minimum Gasteiger partial charge on any atom is -0.545 e. The van der Waals surface area contributed by atoms with Crippen molar-refractivity contribution in [2.75, 3.05) is 11.9 Å². The van der Waals surface area contributed by atoms with Crippen LogP contribution in [0.3, 0.4) is 0 Å². The van der Waals surface area contributed by atoms with E-state index in [1.54, 1.807) is 0 Å². The minimum absolute atomic E-state index is 0.217. The van der Waals surface area contributed by atoms with Gasteiger partial charge in [0, 0.05) is 42.2 Å².